The number of nitrogens with zero attached hydrogens (tertiary/aromatic N) is 4. The molecule has 1 unspecified atom stereocenters. The van der Waals surface area contributed by atoms with Gasteiger partial charge in [-0.1, -0.05) is 31.0 Å². The van der Waals surface area contributed by atoms with E-state index in [-0.39, 0.29) is 5.91 Å². The Hall–Kier alpha value is -1.08. The van der Waals surface area contributed by atoms with E-state index >= 15 is 0 Å². The van der Waals surface area contributed by atoms with Crippen LogP contribution in [0.15, 0.2) is 11.5 Å². The highest BCUT2D eigenvalue weighted by Crippen LogP contribution is 2.25. The quantitative estimate of drug-likeness (QED) is 0.795. The van der Waals surface area contributed by atoms with Crippen molar-refractivity contribution in [3.63, 3.8) is 0 Å². The van der Waals surface area contributed by atoms with Crippen molar-refractivity contribution in [2.45, 2.75) is 56.1 Å². The maximum atomic E-state index is 12.2. The van der Waals surface area contributed by atoms with Crippen LogP contribution in [-0.2, 0) is 11.8 Å². The molecule has 1 aromatic rings. The van der Waals surface area contributed by atoms with Gasteiger partial charge in [-0.15, -0.1) is 10.2 Å². The van der Waals surface area contributed by atoms with E-state index in [4.69, 9.17) is 0 Å². The molecule has 2 heterocycles. The van der Waals surface area contributed by atoms with Gasteiger partial charge in [-0.2, -0.15) is 0 Å². The predicted molar refractivity (Wildman–Crippen MR) is 95.9 cm³/mol. The Labute approximate surface area is 148 Å². The van der Waals surface area contributed by atoms with E-state index < -0.39 is 0 Å². The minimum atomic E-state index is 0.104. The van der Waals surface area contributed by atoms with Crippen LogP contribution in [0.1, 0.15) is 44.9 Å². The Kier molecular flexibility index (Phi) is 6.54. The number of piperidine rings is 1. The Morgan fingerprint density at radius 1 is 1.29 bits per heavy atom. The van der Waals surface area contributed by atoms with Crippen LogP contribution in [0.4, 0.5) is 0 Å². The van der Waals surface area contributed by atoms with Crippen molar-refractivity contribution in [2.75, 3.05) is 25.4 Å². The normalized spacial score (nSPS) is 23.3. The molecule has 1 amide bonds. The Morgan fingerprint density at radius 3 is 2.88 bits per heavy atom. The number of carbonyl (C=O) groups is 1. The lowest BCUT2D eigenvalue weighted by atomic mass is 9.88. The lowest BCUT2D eigenvalue weighted by molar-refractivity contribution is -0.119. The first-order valence-corrected chi connectivity index (χ1v) is 10.2. The number of amides is 1. The number of hydrogen-bond donors (Lipinski definition) is 1. The topological polar surface area (TPSA) is 63.1 Å². The van der Waals surface area contributed by atoms with Gasteiger partial charge in [0.05, 0.1) is 5.75 Å². The van der Waals surface area contributed by atoms with E-state index in [1.165, 1.54) is 63.4 Å². The van der Waals surface area contributed by atoms with Gasteiger partial charge >= 0.3 is 0 Å². The number of aromatic nitrogens is 3. The zero-order valence-corrected chi connectivity index (χ0v) is 15.4. The van der Waals surface area contributed by atoms with Crippen molar-refractivity contribution in [3.05, 3.63) is 6.33 Å². The summed E-state index contributed by atoms with van der Waals surface area (Å²) in [6.07, 6.45) is 10.9. The first kappa shape index (κ1) is 17.7. The number of carbonyl (C=O) groups excluding carboxylic acids is 1. The van der Waals surface area contributed by atoms with Crippen LogP contribution in [0.25, 0.3) is 0 Å². The molecule has 2 aliphatic rings. The third-order valence-electron chi connectivity index (χ3n) is 5.11. The summed E-state index contributed by atoms with van der Waals surface area (Å²) in [6, 6.07) is 0.301. The molecule has 3 rings (SSSR count). The minimum Gasteiger partial charge on any atom is -0.351 e. The van der Waals surface area contributed by atoms with Crippen LogP contribution in [0, 0.1) is 5.92 Å². The Balaban J connectivity index is 1.39. The van der Waals surface area contributed by atoms with Gasteiger partial charge in [0.25, 0.3) is 0 Å². The van der Waals surface area contributed by atoms with Crippen LogP contribution in [0.5, 0.6) is 0 Å². The molecule has 1 atom stereocenters. The first-order valence-electron chi connectivity index (χ1n) is 9.19. The zero-order valence-electron chi connectivity index (χ0n) is 14.6. The van der Waals surface area contributed by atoms with E-state index in [2.05, 4.69) is 20.4 Å². The molecule has 7 heteroatoms. The van der Waals surface area contributed by atoms with Gasteiger partial charge in [0.15, 0.2) is 5.16 Å². The maximum Gasteiger partial charge on any atom is 0.230 e. The molecule has 0 aromatic carbocycles. The Morgan fingerprint density at radius 2 is 2.12 bits per heavy atom. The number of aryl methyl sites for hydroxylation is 1. The van der Waals surface area contributed by atoms with E-state index in [0.29, 0.717) is 11.8 Å². The predicted octanol–water partition coefficient (Wildman–Crippen LogP) is 2.07. The van der Waals surface area contributed by atoms with Crippen molar-refractivity contribution < 1.29 is 4.79 Å². The lowest BCUT2D eigenvalue weighted by Gasteiger charge is -2.36. The second-order valence-corrected chi connectivity index (χ2v) is 8.13. The van der Waals surface area contributed by atoms with Crippen LogP contribution in [-0.4, -0.2) is 57.0 Å². The summed E-state index contributed by atoms with van der Waals surface area (Å²) in [4.78, 5) is 14.8. The summed E-state index contributed by atoms with van der Waals surface area (Å²) in [5, 5.41) is 11.8. The molecule has 1 saturated heterocycles. The summed E-state index contributed by atoms with van der Waals surface area (Å²) >= 11 is 1.44. The standard InChI is InChI=1S/C17H29N5OS/c1-21-13-18-20-17(21)24-12-16(23)19-15-8-5-9-22(11-15)10-14-6-3-2-4-7-14/h13-15H,2-12H2,1H3,(H,19,23). The number of thioether (sulfide) groups is 1. The molecule has 24 heavy (non-hydrogen) atoms. The highest BCUT2D eigenvalue weighted by atomic mass is 32.2. The minimum absolute atomic E-state index is 0.104. The fraction of sp³-hybridized carbons (Fsp3) is 0.824. The second-order valence-electron chi connectivity index (χ2n) is 7.18. The highest BCUT2D eigenvalue weighted by Gasteiger charge is 2.24. The number of hydrogen-bond acceptors (Lipinski definition) is 5. The molecule has 1 aliphatic carbocycles. The zero-order chi connectivity index (χ0) is 16.8. The first-order chi connectivity index (χ1) is 11.7. The molecule has 2 fully saturated rings. The molecule has 0 bridgehead atoms. The summed E-state index contributed by atoms with van der Waals surface area (Å²) in [7, 11) is 1.89. The average Bonchev–Trinajstić information content (AvgIpc) is 2.99. The second kappa shape index (κ2) is 8.85. The van der Waals surface area contributed by atoms with Crippen molar-refractivity contribution in [3.8, 4) is 0 Å². The molecule has 1 aromatic heterocycles. The van der Waals surface area contributed by atoms with Crippen LogP contribution >= 0.6 is 11.8 Å². The van der Waals surface area contributed by atoms with Gasteiger partial charge < -0.3 is 14.8 Å². The van der Waals surface area contributed by atoms with Gasteiger partial charge in [-0.05, 0) is 38.1 Å². The summed E-state index contributed by atoms with van der Waals surface area (Å²) in [5.74, 6) is 1.39. The highest BCUT2D eigenvalue weighted by molar-refractivity contribution is 7.99. The van der Waals surface area contributed by atoms with E-state index in [1.807, 2.05) is 11.6 Å². The summed E-state index contributed by atoms with van der Waals surface area (Å²) in [6.45, 7) is 3.42. The van der Waals surface area contributed by atoms with Crippen LogP contribution < -0.4 is 5.32 Å². The van der Waals surface area contributed by atoms with Gasteiger partial charge in [0.2, 0.25) is 5.91 Å². The van der Waals surface area contributed by atoms with Crippen LogP contribution in [0.3, 0.4) is 0 Å². The molecule has 6 nitrogen and oxygen atoms in total. The summed E-state index contributed by atoms with van der Waals surface area (Å²) < 4.78 is 1.84. The fourth-order valence-electron chi connectivity index (χ4n) is 3.88. The number of nitrogens with one attached hydrogen (secondary N) is 1. The average molecular weight is 352 g/mol. The van der Waals surface area contributed by atoms with Crippen molar-refractivity contribution in [1.29, 1.82) is 0 Å². The largest absolute Gasteiger partial charge is 0.351 e. The van der Waals surface area contributed by atoms with Gasteiger partial charge in [0.1, 0.15) is 6.33 Å². The third kappa shape index (κ3) is 5.21. The molecular formula is C17H29N5OS. The molecule has 1 N–H and O–H groups in total. The molecule has 0 spiro atoms. The van der Waals surface area contributed by atoms with Crippen molar-refractivity contribution in [1.82, 2.24) is 25.0 Å². The number of rotatable bonds is 6. The smallest absolute Gasteiger partial charge is 0.230 e. The summed E-state index contributed by atoms with van der Waals surface area (Å²) in [5.41, 5.74) is 0. The fourth-order valence-corrected chi connectivity index (χ4v) is 4.58. The monoisotopic (exact) mass is 351 g/mol. The SMILES string of the molecule is Cn1cnnc1SCC(=O)NC1CCCN(CC2CCCCC2)C1. The molecule has 134 valence electrons. The van der Waals surface area contributed by atoms with E-state index in [0.717, 1.165) is 24.0 Å². The Bertz CT molecular complexity index is 529. The molecule has 0 radical (unpaired) electrons. The number of likely N-dealkylation sites (tertiary alicyclic amines) is 1. The van der Waals surface area contributed by atoms with E-state index in [9.17, 15) is 4.79 Å². The van der Waals surface area contributed by atoms with Crippen molar-refractivity contribution >= 4 is 17.7 Å². The molecule has 1 aliphatic heterocycles. The van der Waals surface area contributed by atoms with Crippen LogP contribution in [0.2, 0.25) is 0 Å². The lowest BCUT2D eigenvalue weighted by Crippen LogP contribution is -2.49. The molecular weight excluding hydrogens is 322 g/mol. The van der Waals surface area contributed by atoms with Gasteiger partial charge in [0, 0.05) is 26.2 Å². The van der Waals surface area contributed by atoms with Crippen molar-refractivity contribution in [2.24, 2.45) is 13.0 Å². The van der Waals surface area contributed by atoms with E-state index in [1.54, 1.807) is 6.33 Å². The molecule has 1 saturated carbocycles. The third-order valence-corrected chi connectivity index (χ3v) is 6.15. The van der Waals surface area contributed by atoms with Gasteiger partial charge in [-0.3, -0.25) is 4.79 Å². The van der Waals surface area contributed by atoms with Gasteiger partial charge in [-0.25, -0.2) is 0 Å². The maximum absolute atomic E-state index is 12.2.